The third-order valence-electron chi connectivity index (χ3n) is 3.08. The molecule has 0 aliphatic rings. The lowest BCUT2D eigenvalue weighted by Crippen LogP contribution is -2.17. The smallest absolute Gasteiger partial charge is 0.314 e. The zero-order valence-corrected chi connectivity index (χ0v) is 13.2. The van der Waals surface area contributed by atoms with E-state index in [4.69, 9.17) is 16.0 Å². The first-order valence-corrected chi connectivity index (χ1v) is 7.33. The third-order valence-corrected chi connectivity index (χ3v) is 3.29. The second-order valence-corrected chi connectivity index (χ2v) is 5.18. The van der Waals surface area contributed by atoms with Crippen LogP contribution in [0.15, 0.2) is 45.9 Å². The number of alkyl halides is 2. The van der Waals surface area contributed by atoms with Crippen molar-refractivity contribution in [3.05, 3.63) is 63.6 Å². The zero-order valence-electron chi connectivity index (χ0n) is 12.5. The molecule has 0 aliphatic carbocycles. The number of nitrogens with zero attached hydrogens (tertiary/aromatic N) is 4. The van der Waals surface area contributed by atoms with Crippen LogP contribution in [0.25, 0.3) is 11.5 Å². The minimum Gasteiger partial charge on any atom is -0.415 e. The Morgan fingerprint density at radius 2 is 2.12 bits per heavy atom. The van der Waals surface area contributed by atoms with Gasteiger partial charge in [0.1, 0.15) is 5.15 Å². The molecule has 0 unspecified atom stereocenters. The predicted molar refractivity (Wildman–Crippen MR) is 85.1 cm³/mol. The molecule has 126 valence electrons. The largest absolute Gasteiger partial charge is 0.415 e. The van der Waals surface area contributed by atoms with Gasteiger partial charge in [0.25, 0.3) is 11.4 Å². The highest BCUT2D eigenvalue weighted by Crippen LogP contribution is 2.21. The zero-order chi connectivity index (χ0) is 17.8. The fourth-order valence-electron chi connectivity index (χ4n) is 1.92. The van der Waals surface area contributed by atoms with E-state index in [0.717, 1.165) is 0 Å². The molecule has 0 saturated heterocycles. The van der Waals surface area contributed by atoms with E-state index in [9.17, 15) is 13.6 Å². The van der Waals surface area contributed by atoms with Gasteiger partial charge in [0, 0.05) is 29.6 Å². The van der Waals surface area contributed by atoms with Crippen molar-refractivity contribution in [3.8, 4) is 23.3 Å². The van der Waals surface area contributed by atoms with Crippen LogP contribution in [-0.4, -0.2) is 19.7 Å². The van der Waals surface area contributed by atoms with E-state index >= 15 is 0 Å². The van der Waals surface area contributed by atoms with E-state index in [1.165, 1.54) is 29.1 Å². The van der Waals surface area contributed by atoms with E-state index in [0.29, 0.717) is 10.7 Å². The van der Waals surface area contributed by atoms with Crippen molar-refractivity contribution < 1.29 is 13.2 Å². The van der Waals surface area contributed by atoms with Gasteiger partial charge in [-0.05, 0) is 18.2 Å². The molecule has 0 saturated carbocycles. The standard InChI is InChI=1S/C16H9ClF2N4O2/c17-12-8-10(3-5-20-12)2-1-6-23-7-4-11(9-13(23)24)15-21-22-16(25-15)14(18)19/h3-5,7-9,14H,6H2. The minimum absolute atomic E-state index is 0.142. The van der Waals surface area contributed by atoms with Gasteiger partial charge in [0.05, 0.1) is 6.54 Å². The Balaban J connectivity index is 1.77. The average molecular weight is 363 g/mol. The number of hydrogen-bond acceptors (Lipinski definition) is 5. The molecule has 3 aromatic rings. The Hall–Kier alpha value is -3.05. The molecule has 0 bridgehead atoms. The summed E-state index contributed by atoms with van der Waals surface area (Å²) in [6, 6.07) is 6.03. The Kier molecular flexibility index (Phi) is 4.86. The molecule has 0 N–H and O–H groups in total. The van der Waals surface area contributed by atoms with Crippen molar-refractivity contribution in [2.45, 2.75) is 13.0 Å². The molecule has 9 heteroatoms. The topological polar surface area (TPSA) is 73.8 Å². The summed E-state index contributed by atoms with van der Waals surface area (Å²) in [5, 5.41) is 7.05. The molecule has 0 amide bonds. The Morgan fingerprint density at radius 3 is 2.80 bits per heavy atom. The van der Waals surface area contributed by atoms with Crippen molar-refractivity contribution in [1.82, 2.24) is 19.7 Å². The molecule has 0 radical (unpaired) electrons. The van der Waals surface area contributed by atoms with Gasteiger partial charge in [-0.3, -0.25) is 4.79 Å². The van der Waals surface area contributed by atoms with Crippen molar-refractivity contribution in [3.63, 3.8) is 0 Å². The SMILES string of the molecule is O=c1cc(-c2nnc(C(F)F)o2)ccn1CC#Cc1ccnc(Cl)c1. The summed E-state index contributed by atoms with van der Waals surface area (Å²) < 4.78 is 31.1. The van der Waals surface area contributed by atoms with Crippen LogP contribution in [-0.2, 0) is 6.54 Å². The van der Waals surface area contributed by atoms with Gasteiger partial charge in [0.15, 0.2) is 0 Å². The van der Waals surface area contributed by atoms with Crippen LogP contribution in [0.4, 0.5) is 8.78 Å². The Morgan fingerprint density at radius 1 is 1.28 bits per heavy atom. The lowest BCUT2D eigenvalue weighted by Gasteiger charge is -2.01. The van der Waals surface area contributed by atoms with E-state index in [2.05, 4.69) is 27.0 Å². The fourth-order valence-corrected chi connectivity index (χ4v) is 2.09. The van der Waals surface area contributed by atoms with Crippen molar-refractivity contribution in [2.75, 3.05) is 0 Å². The first-order chi connectivity index (χ1) is 12.0. The quantitative estimate of drug-likeness (QED) is 0.529. The van der Waals surface area contributed by atoms with Crippen LogP contribution in [0.3, 0.4) is 0 Å². The molecule has 3 heterocycles. The molecular weight excluding hydrogens is 354 g/mol. The van der Waals surface area contributed by atoms with Crippen LogP contribution in [0.2, 0.25) is 5.15 Å². The maximum absolute atomic E-state index is 12.5. The van der Waals surface area contributed by atoms with Crippen molar-refractivity contribution >= 4 is 11.6 Å². The first kappa shape index (κ1) is 16.8. The van der Waals surface area contributed by atoms with Crippen LogP contribution in [0.1, 0.15) is 17.9 Å². The van der Waals surface area contributed by atoms with Gasteiger partial charge in [-0.15, -0.1) is 10.2 Å². The summed E-state index contributed by atoms with van der Waals surface area (Å²) in [5.41, 5.74) is 0.556. The number of rotatable bonds is 3. The number of pyridine rings is 2. The maximum atomic E-state index is 12.5. The molecule has 0 spiro atoms. The van der Waals surface area contributed by atoms with Crippen LogP contribution in [0, 0.1) is 11.8 Å². The molecular formula is C16H9ClF2N4O2. The van der Waals surface area contributed by atoms with Crippen LogP contribution < -0.4 is 5.56 Å². The van der Waals surface area contributed by atoms with E-state index < -0.39 is 12.3 Å². The Labute approximate surface area is 145 Å². The van der Waals surface area contributed by atoms with E-state index in [-0.39, 0.29) is 23.6 Å². The van der Waals surface area contributed by atoms with Gasteiger partial charge in [-0.25, -0.2) is 4.98 Å². The fraction of sp³-hybridized carbons (Fsp3) is 0.125. The molecule has 0 fully saturated rings. The summed E-state index contributed by atoms with van der Waals surface area (Å²) >= 11 is 5.76. The summed E-state index contributed by atoms with van der Waals surface area (Å²) in [6.07, 6.45) is 0.141. The maximum Gasteiger partial charge on any atom is 0.314 e. The second kappa shape index (κ2) is 7.23. The summed E-state index contributed by atoms with van der Waals surface area (Å²) in [6.45, 7) is 0.144. The molecule has 0 aliphatic heterocycles. The highest BCUT2D eigenvalue weighted by atomic mass is 35.5. The number of hydrogen-bond donors (Lipinski definition) is 0. The summed E-state index contributed by atoms with van der Waals surface area (Å²) in [4.78, 5) is 15.9. The van der Waals surface area contributed by atoms with Crippen molar-refractivity contribution in [1.29, 1.82) is 0 Å². The lowest BCUT2D eigenvalue weighted by molar-refractivity contribution is 0.116. The lowest BCUT2D eigenvalue weighted by atomic mass is 10.2. The normalized spacial score (nSPS) is 10.6. The predicted octanol–water partition coefficient (Wildman–Crippen LogP) is 2.94. The van der Waals surface area contributed by atoms with Gasteiger partial charge in [0.2, 0.25) is 5.89 Å². The molecule has 3 aromatic heterocycles. The number of aromatic nitrogens is 4. The highest BCUT2D eigenvalue weighted by Gasteiger charge is 2.17. The van der Waals surface area contributed by atoms with Crippen molar-refractivity contribution in [2.24, 2.45) is 0 Å². The van der Waals surface area contributed by atoms with Crippen LogP contribution in [0.5, 0.6) is 0 Å². The molecule has 6 nitrogen and oxygen atoms in total. The van der Waals surface area contributed by atoms with E-state index in [1.54, 1.807) is 12.1 Å². The van der Waals surface area contributed by atoms with Gasteiger partial charge >= 0.3 is 6.43 Å². The molecule has 0 aromatic carbocycles. The first-order valence-electron chi connectivity index (χ1n) is 6.96. The molecule has 0 atom stereocenters. The minimum atomic E-state index is -2.86. The highest BCUT2D eigenvalue weighted by molar-refractivity contribution is 6.29. The summed E-state index contributed by atoms with van der Waals surface area (Å²) in [7, 11) is 0. The third kappa shape index (κ3) is 4.08. The average Bonchev–Trinajstić information content (AvgIpc) is 3.07. The van der Waals surface area contributed by atoms with Crippen LogP contribution >= 0.6 is 11.6 Å². The molecule has 3 rings (SSSR count). The molecule has 25 heavy (non-hydrogen) atoms. The monoisotopic (exact) mass is 362 g/mol. The van der Waals surface area contributed by atoms with Gasteiger partial charge in [-0.2, -0.15) is 8.78 Å². The summed E-state index contributed by atoms with van der Waals surface area (Å²) in [5.74, 6) is 4.77. The van der Waals surface area contributed by atoms with Gasteiger partial charge in [-0.1, -0.05) is 23.4 Å². The number of halogens is 3. The Bertz CT molecular complexity index is 1020. The second-order valence-electron chi connectivity index (χ2n) is 4.80. The van der Waals surface area contributed by atoms with E-state index in [1.807, 2.05) is 0 Å². The van der Waals surface area contributed by atoms with Gasteiger partial charge < -0.3 is 8.98 Å².